The normalized spacial score (nSPS) is 30.1. The maximum absolute atomic E-state index is 14.4. The minimum absolute atomic E-state index is 0.00867. The van der Waals surface area contributed by atoms with E-state index < -0.39 is 34.8 Å². The summed E-state index contributed by atoms with van der Waals surface area (Å²) in [5, 5.41) is 14.4. The summed E-state index contributed by atoms with van der Waals surface area (Å²) in [4.78, 5) is 83.6. The molecule has 2 aromatic heterocycles. The zero-order valence-corrected chi connectivity index (χ0v) is 30.2. The van der Waals surface area contributed by atoms with Crippen LogP contribution in [0.3, 0.4) is 0 Å². The van der Waals surface area contributed by atoms with Crippen LogP contribution in [0.5, 0.6) is 0 Å². The molecule has 1 saturated heterocycles. The molecular formula is C36H51N9O6. The van der Waals surface area contributed by atoms with Gasteiger partial charge in [0, 0.05) is 62.8 Å². The molecule has 3 saturated carbocycles. The molecule has 0 spiro atoms. The molecule has 15 nitrogen and oxygen atoms in total. The molecule has 15 heteroatoms. The number of rotatable bonds is 11. The van der Waals surface area contributed by atoms with Crippen molar-refractivity contribution in [2.75, 3.05) is 20.7 Å². The molecule has 4 fully saturated rings. The van der Waals surface area contributed by atoms with Gasteiger partial charge in [0.15, 0.2) is 11.6 Å². The second kappa shape index (κ2) is 12.7. The minimum Gasteiger partial charge on any atom is -0.356 e. The number of fused-ring (bicyclic) bond motifs is 6. The van der Waals surface area contributed by atoms with Crippen molar-refractivity contribution in [1.29, 1.82) is 0 Å². The smallest absolute Gasteiger partial charge is 0.332 e. The highest BCUT2D eigenvalue weighted by atomic mass is 16.2. The molecule has 8 atom stereocenters. The third-order valence-corrected chi connectivity index (χ3v) is 12.5. The number of hydrogen-bond acceptors (Lipinski definition) is 10. The van der Waals surface area contributed by atoms with Crippen LogP contribution in [0.4, 0.5) is 23.0 Å². The summed E-state index contributed by atoms with van der Waals surface area (Å²) in [6.07, 6.45) is 5.38. The van der Waals surface area contributed by atoms with Crippen molar-refractivity contribution in [1.82, 2.24) is 23.6 Å². The lowest BCUT2D eigenvalue weighted by Crippen LogP contribution is -2.63. The van der Waals surface area contributed by atoms with Gasteiger partial charge >= 0.3 is 11.4 Å². The minimum atomic E-state index is -0.592. The number of aromatic nitrogens is 4. The Bertz CT molecular complexity index is 2000. The highest BCUT2D eigenvalue weighted by Crippen LogP contribution is 2.54. The van der Waals surface area contributed by atoms with E-state index in [2.05, 4.69) is 16.0 Å². The van der Waals surface area contributed by atoms with Crippen molar-refractivity contribution in [2.45, 2.75) is 136 Å². The lowest BCUT2D eigenvalue weighted by atomic mass is 9.84. The summed E-state index contributed by atoms with van der Waals surface area (Å²) in [6, 6.07) is -0.164. The summed E-state index contributed by atoms with van der Waals surface area (Å²) in [7, 11) is 0. The number of hydrazine groups is 1. The second-order valence-electron chi connectivity index (χ2n) is 15.5. The first-order valence-corrected chi connectivity index (χ1v) is 19.3. The third kappa shape index (κ3) is 4.88. The van der Waals surface area contributed by atoms with Crippen LogP contribution in [-0.4, -0.2) is 48.3 Å². The fraction of sp³-hybridized carbons (Fsp3) is 0.722. The summed E-state index contributed by atoms with van der Waals surface area (Å²) in [5.41, 5.74) is -1.02. The van der Waals surface area contributed by atoms with Crippen LogP contribution in [0.15, 0.2) is 19.2 Å². The summed E-state index contributed by atoms with van der Waals surface area (Å²) in [5.74, 6) is 0.653. The molecule has 3 aliphatic carbocycles. The van der Waals surface area contributed by atoms with Gasteiger partial charge < -0.3 is 16.0 Å². The molecule has 0 aromatic carbocycles. The van der Waals surface area contributed by atoms with Gasteiger partial charge in [-0.3, -0.25) is 37.4 Å². The topological polar surface area (TPSA) is 165 Å². The molecule has 4 bridgehead atoms. The Labute approximate surface area is 295 Å². The Hall–Kier alpha value is -4.30. The zero-order chi connectivity index (χ0) is 35.9. The van der Waals surface area contributed by atoms with E-state index in [-0.39, 0.29) is 60.4 Å². The van der Waals surface area contributed by atoms with E-state index in [0.29, 0.717) is 74.6 Å². The van der Waals surface area contributed by atoms with Gasteiger partial charge in [-0.2, -0.15) is 0 Å². The van der Waals surface area contributed by atoms with E-state index in [9.17, 15) is 28.8 Å². The molecule has 0 radical (unpaired) electrons. The fourth-order valence-corrected chi connectivity index (χ4v) is 10.6. The SMILES string of the molecule is CCCn1c2c(c(=O)n(CCC)c1=O)NC(C1C3CCC1NC(=O)C3)N2N1c2c(c(=O)n(CCC)c(=O)n2CCC)NC1C1C2CCC1C(=O)C2. The van der Waals surface area contributed by atoms with Crippen LogP contribution in [0, 0.1) is 29.6 Å². The number of amides is 1. The van der Waals surface area contributed by atoms with Gasteiger partial charge in [0.1, 0.15) is 29.5 Å². The van der Waals surface area contributed by atoms with Crippen LogP contribution in [0.2, 0.25) is 0 Å². The number of carbonyl (C=O) groups is 2. The Kier molecular flexibility index (Phi) is 8.44. The molecule has 1 amide bonds. The Morgan fingerprint density at radius 1 is 0.549 bits per heavy atom. The van der Waals surface area contributed by atoms with Crippen LogP contribution >= 0.6 is 0 Å². The lowest BCUT2D eigenvalue weighted by Gasteiger charge is -2.46. The van der Waals surface area contributed by atoms with Gasteiger partial charge in [0.25, 0.3) is 11.1 Å². The third-order valence-electron chi connectivity index (χ3n) is 12.5. The van der Waals surface area contributed by atoms with Gasteiger partial charge in [-0.1, -0.05) is 27.7 Å². The first kappa shape index (κ1) is 33.8. The molecule has 8 unspecified atom stereocenters. The largest absolute Gasteiger partial charge is 0.356 e. The summed E-state index contributed by atoms with van der Waals surface area (Å²) < 4.78 is 5.95. The van der Waals surface area contributed by atoms with E-state index in [4.69, 9.17) is 0 Å². The lowest BCUT2D eigenvalue weighted by molar-refractivity contribution is -0.125. The molecule has 3 aliphatic heterocycles. The monoisotopic (exact) mass is 705 g/mol. The average molecular weight is 706 g/mol. The predicted molar refractivity (Wildman–Crippen MR) is 193 cm³/mol. The van der Waals surface area contributed by atoms with Gasteiger partial charge in [-0.05, 0) is 63.2 Å². The summed E-state index contributed by atoms with van der Waals surface area (Å²) >= 11 is 0. The van der Waals surface area contributed by atoms with Crippen molar-refractivity contribution in [2.24, 2.45) is 29.6 Å². The second-order valence-corrected chi connectivity index (χ2v) is 15.5. The van der Waals surface area contributed by atoms with Crippen molar-refractivity contribution in [3.05, 3.63) is 41.7 Å². The quantitative estimate of drug-likeness (QED) is 0.316. The molecule has 276 valence electrons. The number of ketones is 1. The molecule has 8 rings (SSSR count). The molecule has 3 N–H and O–H groups in total. The Morgan fingerprint density at radius 3 is 1.47 bits per heavy atom. The van der Waals surface area contributed by atoms with Crippen molar-refractivity contribution < 1.29 is 9.59 Å². The number of nitrogens with one attached hydrogen (secondary N) is 3. The molecule has 51 heavy (non-hydrogen) atoms. The Morgan fingerprint density at radius 2 is 1.02 bits per heavy atom. The van der Waals surface area contributed by atoms with E-state index >= 15 is 0 Å². The number of anilines is 4. The molecule has 6 aliphatic rings. The van der Waals surface area contributed by atoms with E-state index in [1.54, 1.807) is 9.13 Å². The predicted octanol–water partition coefficient (Wildman–Crippen LogP) is 2.23. The maximum Gasteiger partial charge on any atom is 0.332 e. The van der Waals surface area contributed by atoms with E-state index in [1.807, 2.05) is 37.7 Å². The summed E-state index contributed by atoms with van der Waals surface area (Å²) in [6.45, 7) is 9.06. The number of piperidine rings is 1. The number of carbonyl (C=O) groups excluding carboxylic acids is 2. The molecule has 5 heterocycles. The van der Waals surface area contributed by atoms with Crippen LogP contribution in [0.1, 0.15) is 91.9 Å². The maximum atomic E-state index is 14.4. The van der Waals surface area contributed by atoms with Gasteiger partial charge in [0.05, 0.1) is 0 Å². The first-order valence-electron chi connectivity index (χ1n) is 19.3. The first-order chi connectivity index (χ1) is 24.6. The van der Waals surface area contributed by atoms with Crippen LogP contribution in [0.25, 0.3) is 0 Å². The van der Waals surface area contributed by atoms with E-state index in [0.717, 1.165) is 25.7 Å². The van der Waals surface area contributed by atoms with E-state index in [1.165, 1.54) is 9.13 Å². The zero-order valence-electron chi connectivity index (χ0n) is 30.2. The van der Waals surface area contributed by atoms with Gasteiger partial charge in [-0.15, -0.1) is 0 Å². The van der Waals surface area contributed by atoms with Crippen molar-refractivity contribution >= 4 is 34.7 Å². The van der Waals surface area contributed by atoms with Crippen LogP contribution < -0.4 is 48.5 Å². The van der Waals surface area contributed by atoms with Gasteiger partial charge in [-0.25, -0.2) is 19.6 Å². The average Bonchev–Trinajstić information content (AvgIpc) is 3.90. The highest BCUT2D eigenvalue weighted by Gasteiger charge is 2.59. The van der Waals surface area contributed by atoms with Crippen molar-refractivity contribution in [3.8, 4) is 0 Å². The Balaban J connectivity index is 1.43. The number of hydrogen-bond donors (Lipinski definition) is 3. The fourth-order valence-electron chi connectivity index (χ4n) is 10.6. The van der Waals surface area contributed by atoms with Crippen molar-refractivity contribution in [3.63, 3.8) is 0 Å². The van der Waals surface area contributed by atoms with Crippen LogP contribution in [-0.2, 0) is 35.8 Å². The number of Topliss-reactive ketones (excluding diaryl/α,β-unsaturated/α-hetero) is 1. The highest BCUT2D eigenvalue weighted by molar-refractivity contribution is 5.87. The number of nitrogens with zero attached hydrogens (tertiary/aromatic N) is 6. The molecule has 2 aromatic rings. The standard InChI is InChI=1S/C36H51N9O6/c1-5-13-40-31-27(33(48)42(15-7-3)35(40)50)38-29(25-19-9-11-21(25)23(46)17-19)44(31)45-30(26-20-10-12-22(26)37-24(47)18-20)39-28-32(45)41(14-6-2)36(51)43(16-8-4)34(28)49/h19-22,25-26,29-30,38-39H,5-18H2,1-4H3,(H,37,47). The molecular weight excluding hydrogens is 654 g/mol. The van der Waals surface area contributed by atoms with Gasteiger partial charge in [0.2, 0.25) is 5.91 Å².